The first kappa shape index (κ1) is 14.3. The molecule has 1 saturated heterocycles. The average Bonchev–Trinajstić information content (AvgIpc) is 2.75. The van der Waals surface area contributed by atoms with E-state index in [1.54, 1.807) is 0 Å². The fourth-order valence-electron chi connectivity index (χ4n) is 3.66. The van der Waals surface area contributed by atoms with E-state index in [0.717, 1.165) is 6.67 Å². The normalized spacial score (nSPS) is 23.6. The van der Waals surface area contributed by atoms with E-state index in [4.69, 9.17) is 0 Å². The van der Waals surface area contributed by atoms with E-state index < -0.39 is 0 Å². The molecule has 2 aromatic rings. The molecule has 21 heavy (non-hydrogen) atoms. The minimum absolute atomic E-state index is 0.414. The van der Waals surface area contributed by atoms with Crippen LogP contribution in [0.5, 0.6) is 0 Å². The van der Waals surface area contributed by atoms with Crippen LogP contribution in [0.2, 0.25) is 0 Å². The number of likely N-dealkylation sites (N-methyl/N-ethyl adjacent to an activating group) is 2. The Bertz CT molecular complexity index is 579. The van der Waals surface area contributed by atoms with Crippen LogP contribution < -0.4 is 0 Å². The number of hydrogen-bond donors (Lipinski definition) is 0. The summed E-state index contributed by atoms with van der Waals surface area (Å²) in [7, 11) is 4.46. The molecule has 2 atom stereocenters. The monoisotopic (exact) mass is 280 g/mol. The highest BCUT2D eigenvalue weighted by atomic mass is 15.4. The molecule has 2 unspecified atom stereocenters. The maximum Gasteiger partial charge on any atom is 0.0557 e. The first-order chi connectivity index (χ1) is 10.1. The van der Waals surface area contributed by atoms with E-state index in [2.05, 4.69) is 86.3 Å². The topological polar surface area (TPSA) is 6.48 Å². The lowest BCUT2D eigenvalue weighted by molar-refractivity contribution is 0.284. The molecule has 0 bridgehead atoms. The summed E-state index contributed by atoms with van der Waals surface area (Å²) in [6, 6.07) is 18.4. The average molecular weight is 280 g/mol. The van der Waals surface area contributed by atoms with Crippen molar-refractivity contribution in [3.63, 3.8) is 0 Å². The van der Waals surface area contributed by atoms with Gasteiger partial charge in [-0.1, -0.05) is 48.5 Å². The molecule has 2 nitrogen and oxygen atoms in total. The predicted octanol–water partition coefficient (Wildman–Crippen LogP) is 3.92. The third-order valence-electron chi connectivity index (χ3n) is 4.71. The van der Waals surface area contributed by atoms with Gasteiger partial charge >= 0.3 is 0 Å². The quantitative estimate of drug-likeness (QED) is 0.822. The third-order valence-corrected chi connectivity index (χ3v) is 4.71. The zero-order chi connectivity index (χ0) is 15.0. The number of rotatable bonds is 2. The third kappa shape index (κ3) is 2.50. The van der Waals surface area contributed by atoms with Gasteiger partial charge in [-0.15, -0.1) is 0 Å². The second-order valence-electron chi connectivity index (χ2n) is 6.26. The molecule has 0 saturated carbocycles. The van der Waals surface area contributed by atoms with Gasteiger partial charge in [0.15, 0.2) is 0 Å². The standard InChI is InChI=1S/C19H24N2/c1-14-9-5-7-11-16(14)18-19(21(4)13-20(18)3)17-12-8-6-10-15(17)2/h5-12,18-19H,13H2,1-4H3. The van der Waals surface area contributed by atoms with Crippen LogP contribution in [0.25, 0.3) is 0 Å². The molecular weight excluding hydrogens is 256 g/mol. The summed E-state index contributed by atoms with van der Waals surface area (Å²) in [5.41, 5.74) is 5.64. The second kappa shape index (κ2) is 5.63. The summed E-state index contributed by atoms with van der Waals surface area (Å²) < 4.78 is 0. The fraction of sp³-hybridized carbons (Fsp3) is 0.368. The lowest BCUT2D eigenvalue weighted by Gasteiger charge is -2.29. The van der Waals surface area contributed by atoms with Crippen molar-refractivity contribution in [2.75, 3.05) is 20.8 Å². The Morgan fingerprint density at radius 3 is 1.48 bits per heavy atom. The first-order valence-electron chi connectivity index (χ1n) is 7.61. The summed E-state index contributed by atoms with van der Waals surface area (Å²) in [6.45, 7) is 5.44. The molecule has 0 radical (unpaired) electrons. The van der Waals surface area contributed by atoms with Gasteiger partial charge in [-0.3, -0.25) is 9.80 Å². The van der Waals surface area contributed by atoms with E-state index >= 15 is 0 Å². The Kier molecular flexibility index (Phi) is 3.83. The Morgan fingerprint density at radius 2 is 1.10 bits per heavy atom. The zero-order valence-electron chi connectivity index (χ0n) is 13.4. The lowest BCUT2D eigenvalue weighted by atomic mass is 9.89. The number of benzene rings is 2. The molecule has 0 amide bonds. The van der Waals surface area contributed by atoms with Gasteiger partial charge in [0.1, 0.15) is 0 Å². The van der Waals surface area contributed by atoms with E-state index in [0.29, 0.717) is 12.1 Å². The van der Waals surface area contributed by atoms with Crippen molar-refractivity contribution < 1.29 is 0 Å². The zero-order valence-corrected chi connectivity index (χ0v) is 13.4. The molecular formula is C19H24N2. The molecule has 1 aliphatic rings. The summed E-state index contributed by atoms with van der Waals surface area (Å²) >= 11 is 0. The fourth-order valence-corrected chi connectivity index (χ4v) is 3.66. The molecule has 0 aromatic heterocycles. The number of hydrogen-bond acceptors (Lipinski definition) is 2. The molecule has 1 fully saturated rings. The van der Waals surface area contributed by atoms with Crippen LogP contribution in [0.15, 0.2) is 48.5 Å². The van der Waals surface area contributed by atoms with Gasteiger partial charge in [0.05, 0.1) is 18.8 Å². The SMILES string of the molecule is Cc1ccccc1C1C(c2ccccc2C)N(C)CN1C. The van der Waals surface area contributed by atoms with Gasteiger partial charge in [0.25, 0.3) is 0 Å². The lowest BCUT2D eigenvalue weighted by Crippen LogP contribution is -2.22. The van der Waals surface area contributed by atoms with Crippen molar-refractivity contribution >= 4 is 0 Å². The Morgan fingerprint density at radius 1 is 0.714 bits per heavy atom. The second-order valence-corrected chi connectivity index (χ2v) is 6.26. The van der Waals surface area contributed by atoms with Crippen LogP contribution in [0.1, 0.15) is 34.3 Å². The molecule has 1 aliphatic heterocycles. The first-order valence-corrected chi connectivity index (χ1v) is 7.61. The van der Waals surface area contributed by atoms with Crippen LogP contribution in [-0.4, -0.2) is 30.6 Å². The highest BCUT2D eigenvalue weighted by Crippen LogP contribution is 2.43. The van der Waals surface area contributed by atoms with Gasteiger partial charge in [-0.25, -0.2) is 0 Å². The van der Waals surface area contributed by atoms with Gasteiger partial charge < -0.3 is 0 Å². The Labute approximate surface area is 128 Å². The maximum absolute atomic E-state index is 2.46. The molecule has 110 valence electrons. The minimum Gasteiger partial charge on any atom is -0.285 e. The minimum atomic E-state index is 0.414. The largest absolute Gasteiger partial charge is 0.285 e. The molecule has 0 aliphatic carbocycles. The highest BCUT2D eigenvalue weighted by Gasteiger charge is 2.39. The van der Waals surface area contributed by atoms with Gasteiger partial charge in [0.2, 0.25) is 0 Å². The van der Waals surface area contributed by atoms with Crippen LogP contribution in [0.4, 0.5) is 0 Å². The molecule has 2 heteroatoms. The molecule has 2 aromatic carbocycles. The highest BCUT2D eigenvalue weighted by molar-refractivity contribution is 5.37. The smallest absolute Gasteiger partial charge is 0.0557 e. The van der Waals surface area contributed by atoms with E-state index in [1.807, 2.05) is 0 Å². The van der Waals surface area contributed by atoms with Gasteiger partial charge in [0, 0.05) is 0 Å². The van der Waals surface area contributed by atoms with Crippen molar-refractivity contribution in [1.29, 1.82) is 0 Å². The van der Waals surface area contributed by atoms with Crippen molar-refractivity contribution in [2.45, 2.75) is 25.9 Å². The summed E-state index contributed by atoms with van der Waals surface area (Å²) in [6.07, 6.45) is 0. The van der Waals surface area contributed by atoms with Crippen molar-refractivity contribution in [3.8, 4) is 0 Å². The predicted molar refractivity (Wildman–Crippen MR) is 88.2 cm³/mol. The Hall–Kier alpha value is -1.64. The van der Waals surface area contributed by atoms with E-state index in [-0.39, 0.29) is 0 Å². The molecule has 0 spiro atoms. The van der Waals surface area contributed by atoms with Crippen molar-refractivity contribution in [3.05, 3.63) is 70.8 Å². The van der Waals surface area contributed by atoms with E-state index in [1.165, 1.54) is 22.3 Å². The summed E-state index contributed by atoms with van der Waals surface area (Å²) in [5.74, 6) is 0. The van der Waals surface area contributed by atoms with Crippen molar-refractivity contribution in [1.82, 2.24) is 9.80 Å². The molecule has 3 rings (SSSR count). The van der Waals surface area contributed by atoms with Crippen LogP contribution in [-0.2, 0) is 0 Å². The summed E-state index contributed by atoms with van der Waals surface area (Å²) in [4.78, 5) is 4.92. The Balaban J connectivity index is 2.09. The van der Waals surface area contributed by atoms with Crippen LogP contribution >= 0.6 is 0 Å². The summed E-state index contributed by atoms with van der Waals surface area (Å²) in [5, 5.41) is 0. The number of aryl methyl sites for hydroxylation is 2. The van der Waals surface area contributed by atoms with Crippen molar-refractivity contribution in [2.24, 2.45) is 0 Å². The molecule has 1 heterocycles. The maximum atomic E-state index is 2.46. The van der Waals surface area contributed by atoms with E-state index in [9.17, 15) is 0 Å². The van der Waals surface area contributed by atoms with Crippen LogP contribution in [0.3, 0.4) is 0 Å². The number of nitrogens with zero attached hydrogens (tertiary/aromatic N) is 2. The van der Waals surface area contributed by atoms with Gasteiger partial charge in [-0.2, -0.15) is 0 Å². The van der Waals surface area contributed by atoms with Gasteiger partial charge in [-0.05, 0) is 50.2 Å². The van der Waals surface area contributed by atoms with Crippen LogP contribution in [0, 0.1) is 13.8 Å². The molecule has 0 N–H and O–H groups in total.